The second kappa shape index (κ2) is 6.16. The van der Waals surface area contributed by atoms with Gasteiger partial charge in [-0.25, -0.2) is 4.79 Å². The van der Waals surface area contributed by atoms with Crippen LogP contribution >= 0.6 is 0 Å². The van der Waals surface area contributed by atoms with Gasteiger partial charge in [0.05, 0.1) is 12.2 Å². The number of benzene rings is 1. The minimum absolute atomic E-state index is 0.0975. The minimum Gasteiger partial charge on any atom is -0.460 e. The summed E-state index contributed by atoms with van der Waals surface area (Å²) in [7, 11) is 0. The van der Waals surface area contributed by atoms with Gasteiger partial charge in [-0.2, -0.15) is 0 Å². The average molecular weight is 209 g/mol. The largest absolute Gasteiger partial charge is 0.460 e. The Morgan fingerprint density at radius 1 is 1.33 bits per heavy atom. The summed E-state index contributed by atoms with van der Waals surface area (Å²) >= 11 is 0. The van der Waals surface area contributed by atoms with E-state index in [9.17, 15) is 4.79 Å². The summed E-state index contributed by atoms with van der Waals surface area (Å²) in [4.78, 5) is 11.3. The minimum atomic E-state index is -1.08. The highest BCUT2D eigenvalue weighted by molar-refractivity contribution is 5.89. The van der Waals surface area contributed by atoms with Crippen LogP contribution in [0.4, 0.5) is 0 Å². The number of aliphatic hydroxyl groups excluding tert-OH is 1. The molecule has 4 heteroatoms. The molecule has 0 heterocycles. The molecule has 0 aliphatic rings. The first-order valence-electron chi connectivity index (χ1n) is 4.55. The monoisotopic (exact) mass is 209 g/mol. The molecule has 0 aromatic heterocycles. The summed E-state index contributed by atoms with van der Waals surface area (Å²) in [5, 5.41) is 8.66. The van der Waals surface area contributed by atoms with Gasteiger partial charge in [-0.05, 0) is 12.1 Å². The van der Waals surface area contributed by atoms with E-state index in [1.807, 2.05) is 6.07 Å². The maximum atomic E-state index is 11.3. The molecule has 1 N–H and O–H groups in total. The Morgan fingerprint density at radius 3 is 2.60 bits per heavy atom. The third kappa shape index (κ3) is 4.58. The van der Waals surface area contributed by atoms with E-state index in [1.165, 1.54) is 0 Å². The molecule has 4 nitrogen and oxygen atoms in total. The van der Waals surface area contributed by atoms with Crippen LogP contribution in [0.15, 0.2) is 30.3 Å². The molecule has 0 aliphatic carbocycles. The number of carbonyl (C=O) groups is 1. The summed E-state index contributed by atoms with van der Waals surface area (Å²) < 4.78 is 9.57. The van der Waals surface area contributed by atoms with Gasteiger partial charge in [0.25, 0.3) is 0 Å². The molecule has 1 rings (SSSR count). The van der Waals surface area contributed by atoms with Gasteiger partial charge in [-0.15, -0.1) is 0 Å². The van der Waals surface area contributed by atoms with E-state index in [-0.39, 0.29) is 13.2 Å². The standard InChI is InChI=1S/C11H13O4/c1-9(12)14-7-8-15-11(13)10-5-3-2-4-6-10/h2-6,9,12H,1,7-8H2. The van der Waals surface area contributed by atoms with Crippen molar-refractivity contribution in [2.45, 2.75) is 6.29 Å². The van der Waals surface area contributed by atoms with Crippen LogP contribution in [0.5, 0.6) is 0 Å². The highest BCUT2D eigenvalue weighted by Crippen LogP contribution is 2.00. The fraction of sp³-hybridized carbons (Fsp3) is 0.273. The van der Waals surface area contributed by atoms with Crippen molar-refractivity contribution >= 4 is 5.97 Å². The summed E-state index contributed by atoms with van der Waals surface area (Å²) in [5.41, 5.74) is 0.493. The predicted molar refractivity (Wildman–Crippen MR) is 54.0 cm³/mol. The molecule has 0 aliphatic heterocycles. The molecular formula is C11H13O4. The highest BCUT2D eigenvalue weighted by Gasteiger charge is 2.05. The fourth-order valence-electron chi connectivity index (χ4n) is 0.976. The van der Waals surface area contributed by atoms with E-state index in [1.54, 1.807) is 24.3 Å². The van der Waals surface area contributed by atoms with Gasteiger partial charge in [-0.1, -0.05) is 18.2 Å². The first-order valence-corrected chi connectivity index (χ1v) is 4.55. The van der Waals surface area contributed by atoms with Gasteiger partial charge in [0.1, 0.15) is 6.61 Å². The van der Waals surface area contributed by atoms with E-state index in [2.05, 4.69) is 6.92 Å². The molecule has 0 saturated heterocycles. The van der Waals surface area contributed by atoms with Crippen LogP contribution in [0.1, 0.15) is 10.4 Å². The lowest BCUT2D eigenvalue weighted by atomic mass is 10.2. The molecule has 1 atom stereocenters. The molecule has 0 fully saturated rings. The van der Waals surface area contributed by atoms with Crippen LogP contribution in [-0.4, -0.2) is 30.6 Å². The Bertz CT molecular complexity index is 295. The normalized spacial score (nSPS) is 12.1. The predicted octanol–water partition coefficient (Wildman–Crippen LogP) is 1.01. The summed E-state index contributed by atoms with van der Waals surface area (Å²) in [6, 6.07) is 8.66. The number of hydrogen-bond acceptors (Lipinski definition) is 4. The van der Waals surface area contributed by atoms with Crippen LogP contribution in [0.3, 0.4) is 0 Å². The zero-order valence-corrected chi connectivity index (χ0v) is 8.26. The Hall–Kier alpha value is -1.39. The number of rotatable bonds is 5. The zero-order valence-electron chi connectivity index (χ0n) is 8.26. The lowest BCUT2D eigenvalue weighted by Crippen LogP contribution is -2.15. The van der Waals surface area contributed by atoms with Crippen molar-refractivity contribution in [1.29, 1.82) is 0 Å². The topological polar surface area (TPSA) is 55.8 Å². The van der Waals surface area contributed by atoms with Crippen molar-refractivity contribution in [3.8, 4) is 0 Å². The highest BCUT2D eigenvalue weighted by atomic mass is 16.6. The van der Waals surface area contributed by atoms with E-state index >= 15 is 0 Å². The average Bonchev–Trinajstić information content (AvgIpc) is 2.25. The van der Waals surface area contributed by atoms with Crippen molar-refractivity contribution in [1.82, 2.24) is 0 Å². The zero-order chi connectivity index (χ0) is 11.1. The summed E-state index contributed by atoms with van der Waals surface area (Å²) in [6.45, 7) is 3.43. The van der Waals surface area contributed by atoms with Crippen LogP contribution in [0, 0.1) is 6.92 Å². The lowest BCUT2D eigenvalue weighted by molar-refractivity contribution is -0.0779. The SMILES string of the molecule is [CH2]C(O)OCCOC(=O)c1ccccc1. The van der Waals surface area contributed by atoms with Crippen LogP contribution in [-0.2, 0) is 9.47 Å². The summed E-state index contributed by atoms with van der Waals surface area (Å²) in [5.74, 6) is -0.405. The van der Waals surface area contributed by atoms with Gasteiger partial charge in [-0.3, -0.25) is 0 Å². The molecule has 1 aromatic carbocycles. The first-order chi connectivity index (χ1) is 7.20. The number of aliphatic hydroxyl groups is 1. The number of esters is 1. The third-order valence-electron chi connectivity index (χ3n) is 1.64. The smallest absolute Gasteiger partial charge is 0.338 e. The number of carbonyl (C=O) groups excluding carboxylic acids is 1. The Labute approximate surface area is 88.4 Å². The van der Waals surface area contributed by atoms with E-state index in [4.69, 9.17) is 14.6 Å². The maximum Gasteiger partial charge on any atom is 0.338 e. The quantitative estimate of drug-likeness (QED) is 0.447. The molecule has 81 valence electrons. The Morgan fingerprint density at radius 2 is 2.00 bits per heavy atom. The van der Waals surface area contributed by atoms with E-state index < -0.39 is 12.3 Å². The molecule has 15 heavy (non-hydrogen) atoms. The van der Waals surface area contributed by atoms with Crippen molar-refractivity contribution < 1.29 is 19.4 Å². The first kappa shape index (κ1) is 11.7. The molecule has 0 amide bonds. The second-order valence-corrected chi connectivity index (χ2v) is 2.83. The van der Waals surface area contributed by atoms with Gasteiger partial charge < -0.3 is 14.6 Å². The molecular weight excluding hydrogens is 196 g/mol. The Kier molecular flexibility index (Phi) is 4.80. The van der Waals surface area contributed by atoms with E-state index in [0.29, 0.717) is 5.56 Å². The lowest BCUT2D eigenvalue weighted by Gasteiger charge is -2.07. The third-order valence-corrected chi connectivity index (χ3v) is 1.64. The van der Waals surface area contributed by atoms with Gasteiger partial charge in [0, 0.05) is 6.92 Å². The molecule has 1 radical (unpaired) electrons. The number of ether oxygens (including phenoxy) is 2. The van der Waals surface area contributed by atoms with E-state index in [0.717, 1.165) is 0 Å². The molecule has 0 spiro atoms. The van der Waals surface area contributed by atoms with Crippen molar-refractivity contribution in [3.63, 3.8) is 0 Å². The molecule has 0 saturated carbocycles. The van der Waals surface area contributed by atoms with Gasteiger partial charge in [0.2, 0.25) is 0 Å². The molecule has 1 aromatic rings. The maximum absolute atomic E-state index is 11.3. The van der Waals surface area contributed by atoms with Crippen molar-refractivity contribution in [3.05, 3.63) is 42.8 Å². The van der Waals surface area contributed by atoms with Crippen molar-refractivity contribution in [2.24, 2.45) is 0 Å². The molecule has 0 bridgehead atoms. The summed E-state index contributed by atoms with van der Waals surface area (Å²) in [6.07, 6.45) is -1.08. The second-order valence-electron chi connectivity index (χ2n) is 2.83. The van der Waals surface area contributed by atoms with Gasteiger partial charge >= 0.3 is 5.97 Å². The fourth-order valence-corrected chi connectivity index (χ4v) is 0.976. The van der Waals surface area contributed by atoms with Crippen LogP contribution in [0.25, 0.3) is 0 Å². The van der Waals surface area contributed by atoms with Gasteiger partial charge in [0.15, 0.2) is 6.29 Å². The Balaban J connectivity index is 2.25. The van der Waals surface area contributed by atoms with Crippen molar-refractivity contribution in [2.75, 3.05) is 13.2 Å². The molecule has 1 unspecified atom stereocenters. The number of hydrogen-bond donors (Lipinski definition) is 1. The van der Waals surface area contributed by atoms with Crippen LogP contribution in [0.2, 0.25) is 0 Å². The van der Waals surface area contributed by atoms with Crippen LogP contribution < -0.4 is 0 Å².